The first-order chi connectivity index (χ1) is 10.1. The molecular weight excluding hydrogens is 284 g/mol. The third kappa shape index (κ3) is 3.88. The Hall–Kier alpha value is -2.70. The Kier molecular flexibility index (Phi) is 4.65. The lowest BCUT2D eigenvalue weighted by Crippen LogP contribution is -2.10. The molecule has 0 aliphatic carbocycles. The van der Waals surface area contributed by atoms with Crippen LogP contribution in [-0.4, -0.2) is 18.1 Å². The maximum atomic E-state index is 13.3. The van der Waals surface area contributed by atoms with Gasteiger partial charge in [0.15, 0.2) is 17.3 Å². The number of benzene rings is 2. The second kappa shape index (κ2) is 6.65. The topological polar surface area (TPSA) is 61.6 Å². The minimum absolute atomic E-state index is 0.0331. The van der Waals surface area contributed by atoms with Crippen molar-refractivity contribution in [1.82, 2.24) is 0 Å². The van der Waals surface area contributed by atoms with Gasteiger partial charge < -0.3 is 9.47 Å². The highest BCUT2D eigenvalue weighted by atomic mass is 19.1. The molecule has 2 rings (SSSR count). The summed E-state index contributed by atoms with van der Waals surface area (Å²) in [6, 6.07) is 8.73. The van der Waals surface area contributed by atoms with Crippen LogP contribution in [-0.2, 0) is 0 Å². The molecule has 110 valence electrons. The maximum Gasteiger partial charge on any atom is 0.311 e. The summed E-state index contributed by atoms with van der Waals surface area (Å²) in [7, 11) is 0. The average molecular weight is 295 g/mol. The van der Waals surface area contributed by atoms with Gasteiger partial charge in [0.1, 0.15) is 19.0 Å². The lowest BCUT2D eigenvalue weighted by molar-refractivity contribution is -0.385. The van der Waals surface area contributed by atoms with Gasteiger partial charge in [-0.05, 0) is 18.2 Å². The van der Waals surface area contributed by atoms with Crippen LogP contribution < -0.4 is 9.47 Å². The molecule has 0 atom stereocenters. The third-order valence-corrected chi connectivity index (χ3v) is 2.55. The molecule has 0 saturated heterocycles. The zero-order valence-electron chi connectivity index (χ0n) is 10.8. The van der Waals surface area contributed by atoms with Crippen LogP contribution in [0.2, 0.25) is 0 Å². The lowest BCUT2D eigenvalue weighted by Gasteiger charge is -2.09. The molecule has 0 bridgehead atoms. The molecule has 5 nitrogen and oxygen atoms in total. The van der Waals surface area contributed by atoms with E-state index < -0.39 is 16.6 Å². The first kappa shape index (κ1) is 14.7. The quantitative estimate of drug-likeness (QED) is 0.466. The highest BCUT2D eigenvalue weighted by molar-refractivity contribution is 5.46. The summed E-state index contributed by atoms with van der Waals surface area (Å²) in [5, 5.41) is 10.8. The molecule has 21 heavy (non-hydrogen) atoms. The molecule has 0 N–H and O–H groups in total. The SMILES string of the molecule is O=[N+]([O-])c1ccc(F)cc1OCCOc1ccccc1F. The van der Waals surface area contributed by atoms with Crippen LogP contribution in [0.15, 0.2) is 42.5 Å². The Balaban J connectivity index is 1.93. The number of para-hydroxylation sites is 1. The molecule has 2 aromatic rings. The van der Waals surface area contributed by atoms with Crippen LogP contribution in [0.3, 0.4) is 0 Å². The predicted molar refractivity (Wildman–Crippen MR) is 70.4 cm³/mol. The van der Waals surface area contributed by atoms with Crippen molar-refractivity contribution in [3.05, 3.63) is 64.2 Å². The number of nitro groups is 1. The van der Waals surface area contributed by atoms with E-state index in [1.807, 2.05) is 0 Å². The van der Waals surface area contributed by atoms with E-state index in [0.29, 0.717) is 0 Å². The Bertz CT molecular complexity index is 649. The predicted octanol–water partition coefficient (Wildman–Crippen LogP) is 3.33. The van der Waals surface area contributed by atoms with Crippen LogP contribution in [0.5, 0.6) is 11.5 Å². The van der Waals surface area contributed by atoms with Crippen LogP contribution in [0, 0.1) is 21.7 Å². The molecule has 0 amide bonds. The monoisotopic (exact) mass is 295 g/mol. The molecule has 0 aliphatic rings. The van der Waals surface area contributed by atoms with Gasteiger partial charge >= 0.3 is 5.69 Å². The van der Waals surface area contributed by atoms with Gasteiger partial charge in [0.05, 0.1) is 4.92 Å². The fourth-order valence-corrected chi connectivity index (χ4v) is 1.62. The molecule has 0 fully saturated rings. The summed E-state index contributed by atoms with van der Waals surface area (Å²) in [5.41, 5.74) is -0.345. The van der Waals surface area contributed by atoms with Crippen LogP contribution in [0.25, 0.3) is 0 Å². The zero-order valence-corrected chi connectivity index (χ0v) is 10.8. The van der Waals surface area contributed by atoms with Crippen molar-refractivity contribution in [1.29, 1.82) is 0 Å². The van der Waals surface area contributed by atoms with Gasteiger partial charge in [-0.25, -0.2) is 8.78 Å². The van der Waals surface area contributed by atoms with Crippen molar-refractivity contribution in [2.45, 2.75) is 0 Å². The summed E-state index contributed by atoms with van der Waals surface area (Å²) in [6.45, 7) is -0.118. The minimum atomic E-state index is -0.674. The van der Waals surface area contributed by atoms with E-state index in [-0.39, 0.29) is 30.4 Å². The van der Waals surface area contributed by atoms with Gasteiger partial charge in [0.2, 0.25) is 0 Å². The molecule has 0 spiro atoms. The molecular formula is C14H11F2NO4. The van der Waals surface area contributed by atoms with E-state index in [4.69, 9.17) is 9.47 Å². The van der Waals surface area contributed by atoms with Gasteiger partial charge in [-0.15, -0.1) is 0 Å². The molecule has 0 aromatic heterocycles. The van der Waals surface area contributed by atoms with Crippen molar-refractivity contribution in [2.24, 2.45) is 0 Å². The van der Waals surface area contributed by atoms with Crippen molar-refractivity contribution in [2.75, 3.05) is 13.2 Å². The number of nitro benzene ring substituents is 1. The normalized spacial score (nSPS) is 10.2. The summed E-state index contributed by atoms with van der Waals surface area (Å²) in [6.07, 6.45) is 0. The molecule has 2 aromatic carbocycles. The Morgan fingerprint density at radius 1 is 1.00 bits per heavy atom. The van der Waals surface area contributed by atoms with Crippen LogP contribution >= 0.6 is 0 Å². The maximum absolute atomic E-state index is 13.3. The highest BCUT2D eigenvalue weighted by Crippen LogP contribution is 2.27. The van der Waals surface area contributed by atoms with Crippen molar-refractivity contribution < 1.29 is 23.2 Å². The Labute approximate surface area is 118 Å². The van der Waals surface area contributed by atoms with E-state index in [2.05, 4.69) is 0 Å². The summed E-state index contributed by atoms with van der Waals surface area (Å²) >= 11 is 0. The van der Waals surface area contributed by atoms with Gasteiger partial charge in [-0.3, -0.25) is 10.1 Å². The Morgan fingerprint density at radius 2 is 1.67 bits per heavy atom. The molecule has 7 heteroatoms. The third-order valence-electron chi connectivity index (χ3n) is 2.55. The zero-order chi connectivity index (χ0) is 15.2. The Morgan fingerprint density at radius 3 is 2.33 bits per heavy atom. The summed E-state index contributed by atoms with van der Waals surface area (Å²) in [5.74, 6) is -1.31. The molecule has 0 unspecified atom stereocenters. The number of nitrogens with zero attached hydrogens (tertiary/aromatic N) is 1. The fraction of sp³-hybridized carbons (Fsp3) is 0.143. The van der Waals surface area contributed by atoms with Crippen molar-refractivity contribution in [3.8, 4) is 11.5 Å². The van der Waals surface area contributed by atoms with E-state index in [1.54, 1.807) is 6.07 Å². The van der Waals surface area contributed by atoms with Gasteiger partial charge in [-0.1, -0.05) is 12.1 Å². The van der Waals surface area contributed by atoms with Gasteiger partial charge in [0.25, 0.3) is 0 Å². The largest absolute Gasteiger partial charge is 0.487 e. The van der Waals surface area contributed by atoms with E-state index in [0.717, 1.165) is 18.2 Å². The molecule has 0 aliphatic heterocycles. The first-order valence-corrected chi connectivity index (χ1v) is 6.02. The van der Waals surface area contributed by atoms with E-state index >= 15 is 0 Å². The second-order valence-corrected chi connectivity index (χ2v) is 4.00. The lowest BCUT2D eigenvalue weighted by atomic mass is 10.3. The number of halogens is 2. The minimum Gasteiger partial charge on any atom is -0.487 e. The number of hydrogen-bond acceptors (Lipinski definition) is 4. The highest BCUT2D eigenvalue weighted by Gasteiger charge is 2.15. The molecule has 0 heterocycles. The molecule has 0 saturated carbocycles. The molecule has 0 radical (unpaired) electrons. The first-order valence-electron chi connectivity index (χ1n) is 6.02. The average Bonchev–Trinajstić information content (AvgIpc) is 2.45. The number of ether oxygens (including phenoxy) is 2. The van der Waals surface area contributed by atoms with Crippen molar-refractivity contribution in [3.63, 3.8) is 0 Å². The standard InChI is InChI=1S/C14H11F2NO4/c15-10-5-6-12(17(18)19)14(9-10)21-8-7-20-13-4-2-1-3-11(13)16/h1-6,9H,7-8H2. The van der Waals surface area contributed by atoms with Crippen molar-refractivity contribution >= 4 is 5.69 Å². The summed E-state index contributed by atoms with van der Waals surface area (Å²) < 4.78 is 36.5. The smallest absolute Gasteiger partial charge is 0.311 e. The fourth-order valence-electron chi connectivity index (χ4n) is 1.62. The van der Waals surface area contributed by atoms with Crippen LogP contribution in [0.4, 0.5) is 14.5 Å². The number of rotatable bonds is 6. The number of hydrogen-bond donors (Lipinski definition) is 0. The van der Waals surface area contributed by atoms with Gasteiger partial charge in [0, 0.05) is 12.1 Å². The van der Waals surface area contributed by atoms with Gasteiger partial charge in [-0.2, -0.15) is 0 Å². The second-order valence-electron chi connectivity index (χ2n) is 4.00. The van der Waals surface area contributed by atoms with E-state index in [9.17, 15) is 18.9 Å². The van der Waals surface area contributed by atoms with E-state index in [1.165, 1.54) is 18.2 Å². The van der Waals surface area contributed by atoms with Crippen LogP contribution in [0.1, 0.15) is 0 Å². The summed E-state index contributed by atoms with van der Waals surface area (Å²) in [4.78, 5) is 10.1.